The highest BCUT2D eigenvalue weighted by Gasteiger charge is 2.68. The molecule has 0 spiro atoms. The van der Waals surface area contributed by atoms with Crippen molar-refractivity contribution >= 4 is 68.2 Å². The highest BCUT2D eigenvalue weighted by molar-refractivity contribution is 7.22. The lowest BCUT2D eigenvalue weighted by molar-refractivity contribution is -0.131. The van der Waals surface area contributed by atoms with Crippen molar-refractivity contribution in [3.05, 3.63) is 106 Å². The number of imide groups is 2. The fourth-order valence-electron chi connectivity index (χ4n) is 9.82. The fourth-order valence-corrected chi connectivity index (χ4v) is 11.1. The van der Waals surface area contributed by atoms with Crippen LogP contribution < -0.4 is 9.80 Å². The fraction of sp³-hybridized carbons (Fsp3) is 0.310. The van der Waals surface area contributed by atoms with E-state index in [0.29, 0.717) is 39.8 Å². The Bertz CT molecular complexity index is 2460. The smallest absolute Gasteiger partial charge is 0.242 e. The predicted molar refractivity (Wildman–Crippen MR) is 205 cm³/mol. The van der Waals surface area contributed by atoms with E-state index in [1.165, 1.54) is 9.80 Å². The Morgan fingerprint density at radius 3 is 2.32 bits per heavy atom. The third-order valence-corrected chi connectivity index (χ3v) is 13.9. The molecule has 4 heterocycles. The van der Waals surface area contributed by atoms with Crippen LogP contribution in [0.5, 0.6) is 5.75 Å². The number of benzene rings is 3. The quantitative estimate of drug-likeness (QED) is 0.147. The zero-order valence-corrected chi connectivity index (χ0v) is 31.5. The lowest BCUT2D eigenvalue weighted by atomic mass is 9.51. The monoisotopic (exact) mass is 744 g/mol. The Labute approximate surface area is 315 Å². The number of aryl methyl sites for hydroxylation is 4. The number of hydrogen-bond acceptors (Lipinski definition) is 7. The molecule has 2 saturated heterocycles. The first-order chi connectivity index (χ1) is 25.3. The van der Waals surface area contributed by atoms with Gasteiger partial charge < -0.3 is 5.11 Å². The normalized spacial score (nSPS) is 26.7. The van der Waals surface area contributed by atoms with Gasteiger partial charge in [0.25, 0.3) is 0 Å². The number of aromatic nitrogens is 2. The number of fused-ring (bicyclic) bond motifs is 5. The van der Waals surface area contributed by atoms with Crippen LogP contribution in [0.2, 0.25) is 5.02 Å². The van der Waals surface area contributed by atoms with Gasteiger partial charge in [-0.05, 0) is 104 Å². The van der Waals surface area contributed by atoms with Gasteiger partial charge in [-0.25, -0.2) is 4.90 Å². The molecule has 2 aliphatic heterocycles. The number of hydrogen-bond donors (Lipinski definition) is 1. The van der Waals surface area contributed by atoms with Gasteiger partial charge in [-0.15, -0.1) is 11.3 Å². The number of amides is 4. The van der Waals surface area contributed by atoms with Crippen molar-refractivity contribution in [3.63, 3.8) is 0 Å². The first-order valence-electron chi connectivity index (χ1n) is 17.9. The van der Waals surface area contributed by atoms with Gasteiger partial charge >= 0.3 is 0 Å². The molecule has 6 atom stereocenters. The van der Waals surface area contributed by atoms with Gasteiger partial charge in [-0.3, -0.25) is 28.8 Å². The summed E-state index contributed by atoms with van der Waals surface area (Å²) in [4.78, 5) is 61.8. The highest BCUT2D eigenvalue weighted by Crippen LogP contribution is 2.64. The third kappa shape index (κ3) is 4.64. The summed E-state index contributed by atoms with van der Waals surface area (Å²) in [6.07, 6.45) is 2.66. The number of aromatic hydroxyl groups is 1. The average Bonchev–Trinajstić information content (AvgIpc) is 3.80. The molecule has 4 amide bonds. The van der Waals surface area contributed by atoms with Crippen LogP contribution in [0.15, 0.2) is 78.4 Å². The summed E-state index contributed by atoms with van der Waals surface area (Å²) in [5.74, 6) is -3.68. The second-order valence-corrected chi connectivity index (χ2v) is 16.7. The van der Waals surface area contributed by atoms with Crippen LogP contribution in [-0.2, 0) is 26.2 Å². The number of allylic oxidation sites excluding steroid dienone is 2. The molecule has 0 unspecified atom stereocenters. The molecular weight excluding hydrogens is 708 g/mol. The molecule has 11 heteroatoms. The van der Waals surface area contributed by atoms with E-state index < -0.39 is 35.0 Å². The number of halogens is 1. The first kappa shape index (κ1) is 33.8. The van der Waals surface area contributed by atoms with Crippen molar-refractivity contribution < 1.29 is 24.3 Å². The molecule has 1 N–H and O–H groups in total. The number of nitrogens with zero attached hydrogens (tertiary/aromatic N) is 4. The van der Waals surface area contributed by atoms with Crippen LogP contribution in [0, 0.1) is 49.9 Å². The molecule has 3 aromatic carbocycles. The minimum Gasteiger partial charge on any atom is -0.507 e. The van der Waals surface area contributed by atoms with Gasteiger partial charge in [0.1, 0.15) is 17.3 Å². The largest absolute Gasteiger partial charge is 0.507 e. The van der Waals surface area contributed by atoms with E-state index in [1.54, 1.807) is 53.4 Å². The number of rotatable bonds is 4. The zero-order chi connectivity index (χ0) is 37.2. The molecule has 9 nitrogen and oxygen atoms in total. The van der Waals surface area contributed by atoms with Crippen LogP contribution in [0.3, 0.4) is 0 Å². The summed E-state index contributed by atoms with van der Waals surface area (Å²) >= 11 is 7.90. The van der Waals surface area contributed by atoms with E-state index in [2.05, 4.69) is 0 Å². The number of carbonyl (C=O) groups is 4. The number of phenols is 1. The van der Waals surface area contributed by atoms with Crippen LogP contribution in [0.1, 0.15) is 47.9 Å². The lowest BCUT2D eigenvalue weighted by Crippen LogP contribution is -2.49. The molecule has 2 aliphatic carbocycles. The highest BCUT2D eigenvalue weighted by atomic mass is 35.5. The average molecular weight is 745 g/mol. The van der Waals surface area contributed by atoms with E-state index >= 15 is 4.79 Å². The van der Waals surface area contributed by atoms with Gasteiger partial charge in [-0.1, -0.05) is 53.6 Å². The van der Waals surface area contributed by atoms with E-state index in [-0.39, 0.29) is 35.8 Å². The number of anilines is 2. The molecule has 0 radical (unpaired) electrons. The van der Waals surface area contributed by atoms with Gasteiger partial charge in [0, 0.05) is 28.8 Å². The maximum absolute atomic E-state index is 15.1. The first-order valence-corrected chi connectivity index (χ1v) is 19.0. The maximum atomic E-state index is 15.1. The lowest BCUT2D eigenvalue weighted by Gasteiger charge is -2.49. The predicted octanol–water partition coefficient (Wildman–Crippen LogP) is 8.02. The van der Waals surface area contributed by atoms with E-state index in [1.807, 2.05) is 70.2 Å². The van der Waals surface area contributed by atoms with Gasteiger partial charge in [-0.2, -0.15) is 5.10 Å². The minimum atomic E-state index is -1.22. The Morgan fingerprint density at radius 2 is 1.60 bits per heavy atom. The Hall–Kier alpha value is -5.06. The summed E-state index contributed by atoms with van der Waals surface area (Å²) in [5.41, 5.74) is 3.98. The molecule has 9 rings (SSSR count). The van der Waals surface area contributed by atoms with Gasteiger partial charge in [0.15, 0.2) is 0 Å². The second kappa shape index (κ2) is 11.7. The molecule has 4 aliphatic rings. The van der Waals surface area contributed by atoms with E-state index in [0.717, 1.165) is 31.7 Å². The third-order valence-electron chi connectivity index (χ3n) is 12.4. The molecular formula is C42H37ClN4O5S. The van der Waals surface area contributed by atoms with Crippen molar-refractivity contribution in [2.45, 2.75) is 46.5 Å². The molecule has 1 saturated carbocycles. The molecule has 2 aromatic heterocycles. The van der Waals surface area contributed by atoms with Crippen LogP contribution >= 0.6 is 22.9 Å². The van der Waals surface area contributed by atoms with Crippen molar-refractivity contribution in [1.29, 1.82) is 0 Å². The topological polar surface area (TPSA) is 113 Å². The molecule has 0 bridgehead atoms. The van der Waals surface area contributed by atoms with Gasteiger partial charge in [0.2, 0.25) is 23.6 Å². The summed E-state index contributed by atoms with van der Waals surface area (Å²) in [7, 11) is 1.74. The zero-order valence-electron chi connectivity index (χ0n) is 29.9. The van der Waals surface area contributed by atoms with Crippen molar-refractivity contribution in [2.75, 3.05) is 9.80 Å². The number of carbonyl (C=O) groups excluding carboxylic acids is 4. The SMILES string of the molecule is Cc1cc([C@H]2C3=CC[C@@H]4C(=O)N(c5ccccc5)C(=O)[C@@H]4[C@@H]3C[C@H]3C(=O)N(c4cc(-c5sc6ccc(Cl)cc6c5C)nn4C)C(=O)[C@@]23C)cc(C)c1O. The van der Waals surface area contributed by atoms with E-state index in [9.17, 15) is 19.5 Å². The second-order valence-electron chi connectivity index (χ2n) is 15.2. The van der Waals surface area contributed by atoms with Crippen molar-refractivity contribution in [3.8, 4) is 16.3 Å². The summed E-state index contributed by atoms with van der Waals surface area (Å²) in [6.45, 7) is 7.54. The maximum Gasteiger partial charge on any atom is 0.242 e. The summed E-state index contributed by atoms with van der Waals surface area (Å²) < 4.78 is 2.65. The van der Waals surface area contributed by atoms with Crippen molar-refractivity contribution in [1.82, 2.24) is 9.78 Å². The molecule has 5 aromatic rings. The van der Waals surface area contributed by atoms with Crippen LogP contribution in [-0.4, -0.2) is 38.5 Å². The number of phenolic OH excluding ortho intramolecular Hbond substituents is 1. The summed E-state index contributed by atoms with van der Waals surface area (Å²) in [6, 6.07) is 20.3. The van der Waals surface area contributed by atoms with Crippen molar-refractivity contribution in [2.24, 2.45) is 36.1 Å². The number of para-hydroxylation sites is 1. The van der Waals surface area contributed by atoms with Gasteiger partial charge in [0.05, 0.1) is 33.7 Å². The minimum absolute atomic E-state index is 0.173. The van der Waals surface area contributed by atoms with Crippen LogP contribution in [0.25, 0.3) is 20.7 Å². The van der Waals surface area contributed by atoms with Crippen LogP contribution in [0.4, 0.5) is 11.5 Å². The molecule has 3 fully saturated rings. The molecule has 53 heavy (non-hydrogen) atoms. The number of thiophene rings is 1. The Morgan fingerprint density at radius 1 is 0.887 bits per heavy atom. The standard InChI is InChI=1S/C42H37ClN4O5S/c1-20-15-23(16-21(2)36(20)48)35-26-12-13-27-34(40(51)46(38(27)49)25-9-7-6-8-10-25)29(26)18-30-39(50)47(41(52)42(30,35)4)33-19-31(44-45(33)5)37-22(3)28-17-24(43)11-14-32(28)53-37/h6-12,14-17,19,27,29-30,34-35,48H,13,18H2,1-5H3/t27-,29+,30-,34-,35-,42+/m0/s1. The Kier molecular flexibility index (Phi) is 7.46. The Balaban J connectivity index is 1.17. The van der Waals surface area contributed by atoms with E-state index in [4.69, 9.17) is 16.7 Å². The molecule has 268 valence electrons. The summed E-state index contributed by atoms with van der Waals surface area (Å²) in [5, 5.41) is 17.3.